The number of piperidine rings is 1. The van der Waals surface area contributed by atoms with E-state index in [0.29, 0.717) is 12.6 Å². The Balaban J connectivity index is 0.00000288. The molecular weight excluding hydrogens is 357 g/mol. The van der Waals surface area contributed by atoms with Gasteiger partial charge in [-0.1, -0.05) is 37.6 Å². The lowest BCUT2D eigenvalue weighted by Gasteiger charge is -2.33. The van der Waals surface area contributed by atoms with Crippen LogP contribution in [0.4, 0.5) is 0 Å². The van der Waals surface area contributed by atoms with Gasteiger partial charge in [0.15, 0.2) is 0 Å². The molecule has 6 heteroatoms. The summed E-state index contributed by atoms with van der Waals surface area (Å²) in [7, 11) is 0. The zero-order valence-electron chi connectivity index (χ0n) is 15.5. The molecule has 0 saturated carbocycles. The normalized spacial score (nSPS) is 19.9. The molecule has 1 aromatic carbocycles. The van der Waals surface area contributed by atoms with E-state index in [1.807, 2.05) is 19.9 Å². The van der Waals surface area contributed by atoms with Crippen LogP contribution in [0.15, 0.2) is 24.3 Å². The summed E-state index contributed by atoms with van der Waals surface area (Å²) in [5, 5.41) is 3.03. The Labute approximate surface area is 164 Å². The van der Waals surface area contributed by atoms with Crippen molar-refractivity contribution in [3.8, 4) is 0 Å². The molecule has 0 radical (unpaired) electrons. The number of carbonyl (C=O) groups is 1. The summed E-state index contributed by atoms with van der Waals surface area (Å²) in [5.41, 5.74) is 8.33. The van der Waals surface area contributed by atoms with Crippen molar-refractivity contribution in [3.05, 3.63) is 35.4 Å². The minimum absolute atomic E-state index is 0. The van der Waals surface area contributed by atoms with Gasteiger partial charge in [0.2, 0.25) is 5.91 Å². The van der Waals surface area contributed by atoms with Crippen LogP contribution >= 0.6 is 24.8 Å². The highest BCUT2D eigenvalue weighted by atomic mass is 35.5. The van der Waals surface area contributed by atoms with Gasteiger partial charge in [0.25, 0.3) is 0 Å². The predicted molar refractivity (Wildman–Crippen MR) is 109 cm³/mol. The molecule has 1 amide bonds. The number of nitrogens with two attached hydrogens (primary N) is 1. The molecule has 25 heavy (non-hydrogen) atoms. The molecular formula is C19H33Cl2N3O. The summed E-state index contributed by atoms with van der Waals surface area (Å²) in [6.07, 6.45) is 3.91. The number of carbonyl (C=O) groups excluding carboxylic acids is 1. The standard InChI is InChI=1S/C19H31N3O.2ClH/c1-14-8-6-7-11-22(14)13-18-10-5-4-9-17(18)12-21-19(23)15(2)16(3)20;;/h4-5,9-10,14-16H,6-8,11-13,20H2,1-3H3,(H,21,23);2*1H. The first kappa shape index (κ1) is 24.2. The van der Waals surface area contributed by atoms with Crippen molar-refractivity contribution in [2.45, 2.75) is 65.2 Å². The fourth-order valence-corrected chi connectivity index (χ4v) is 3.08. The molecule has 1 aromatic rings. The first-order valence-corrected chi connectivity index (χ1v) is 8.83. The summed E-state index contributed by atoms with van der Waals surface area (Å²) in [5.74, 6) is -0.134. The summed E-state index contributed by atoms with van der Waals surface area (Å²) in [4.78, 5) is 14.7. The second-order valence-electron chi connectivity index (χ2n) is 6.95. The molecule has 1 heterocycles. The number of hydrogen-bond acceptors (Lipinski definition) is 3. The van der Waals surface area contributed by atoms with Crippen molar-refractivity contribution in [2.24, 2.45) is 11.7 Å². The van der Waals surface area contributed by atoms with Gasteiger partial charge in [-0.25, -0.2) is 0 Å². The third-order valence-electron chi connectivity index (χ3n) is 5.09. The van der Waals surface area contributed by atoms with E-state index in [9.17, 15) is 4.79 Å². The van der Waals surface area contributed by atoms with Crippen molar-refractivity contribution in [1.82, 2.24) is 10.2 Å². The van der Waals surface area contributed by atoms with Crippen molar-refractivity contribution in [1.29, 1.82) is 0 Å². The molecule has 144 valence electrons. The minimum Gasteiger partial charge on any atom is -0.352 e. The maximum atomic E-state index is 12.1. The van der Waals surface area contributed by atoms with E-state index >= 15 is 0 Å². The number of hydrogen-bond donors (Lipinski definition) is 2. The molecule has 4 nitrogen and oxygen atoms in total. The van der Waals surface area contributed by atoms with Crippen LogP contribution in [0, 0.1) is 5.92 Å². The van der Waals surface area contributed by atoms with Crippen LogP contribution < -0.4 is 11.1 Å². The molecule has 1 fully saturated rings. The van der Waals surface area contributed by atoms with E-state index in [4.69, 9.17) is 5.73 Å². The molecule has 2 rings (SSSR count). The molecule has 1 aliphatic heterocycles. The molecule has 0 spiro atoms. The minimum atomic E-state index is -0.163. The highest BCUT2D eigenvalue weighted by Gasteiger charge is 2.20. The van der Waals surface area contributed by atoms with Gasteiger partial charge in [0.1, 0.15) is 0 Å². The van der Waals surface area contributed by atoms with Crippen molar-refractivity contribution in [2.75, 3.05) is 6.54 Å². The van der Waals surface area contributed by atoms with Gasteiger partial charge >= 0.3 is 0 Å². The number of rotatable bonds is 6. The maximum Gasteiger partial charge on any atom is 0.224 e. The quantitative estimate of drug-likeness (QED) is 0.782. The van der Waals surface area contributed by atoms with Gasteiger partial charge in [0.05, 0.1) is 0 Å². The van der Waals surface area contributed by atoms with Gasteiger partial charge in [-0.3, -0.25) is 9.69 Å². The van der Waals surface area contributed by atoms with Crippen LogP contribution in [-0.4, -0.2) is 29.4 Å². The molecule has 1 aliphatic rings. The van der Waals surface area contributed by atoms with Crippen molar-refractivity contribution in [3.63, 3.8) is 0 Å². The Morgan fingerprint density at radius 3 is 2.48 bits per heavy atom. The molecule has 0 aromatic heterocycles. The number of amides is 1. The van der Waals surface area contributed by atoms with Crippen LogP contribution in [-0.2, 0) is 17.9 Å². The Morgan fingerprint density at radius 1 is 1.24 bits per heavy atom. The Morgan fingerprint density at radius 2 is 1.88 bits per heavy atom. The summed E-state index contributed by atoms with van der Waals surface area (Å²) in [6.45, 7) is 8.78. The number of likely N-dealkylation sites (tertiary alicyclic amines) is 1. The largest absolute Gasteiger partial charge is 0.352 e. The molecule has 3 N–H and O–H groups in total. The first-order chi connectivity index (χ1) is 11.0. The number of nitrogens with one attached hydrogen (secondary N) is 1. The highest BCUT2D eigenvalue weighted by molar-refractivity contribution is 5.85. The molecule has 0 bridgehead atoms. The Bertz CT molecular complexity index is 525. The van der Waals surface area contributed by atoms with Gasteiger partial charge in [0, 0.05) is 31.1 Å². The Hall–Kier alpha value is -0.810. The topological polar surface area (TPSA) is 58.4 Å². The van der Waals surface area contributed by atoms with Crippen molar-refractivity contribution < 1.29 is 4.79 Å². The van der Waals surface area contributed by atoms with E-state index in [2.05, 4.69) is 35.3 Å². The van der Waals surface area contributed by atoms with Gasteiger partial charge < -0.3 is 11.1 Å². The summed E-state index contributed by atoms with van der Waals surface area (Å²) >= 11 is 0. The van der Waals surface area contributed by atoms with E-state index in [0.717, 1.165) is 6.54 Å². The number of halogens is 2. The lowest BCUT2D eigenvalue weighted by molar-refractivity contribution is -0.125. The van der Waals surface area contributed by atoms with Crippen LogP contribution in [0.25, 0.3) is 0 Å². The number of benzene rings is 1. The van der Waals surface area contributed by atoms with Crippen LogP contribution in [0.1, 0.15) is 51.2 Å². The van der Waals surface area contributed by atoms with Gasteiger partial charge in [-0.2, -0.15) is 0 Å². The van der Waals surface area contributed by atoms with E-state index < -0.39 is 0 Å². The highest BCUT2D eigenvalue weighted by Crippen LogP contribution is 2.20. The lowest BCUT2D eigenvalue weighted by atomic mass is 10.0. The molecule has 3 atom stereocenters. The predicted octanol–water partition coefficient (Wildman–Crippen LogP) is 3.50. The molecule has 1 saturated heterocycles. The molecule has 3 unspecified atom stereocenters. The third kappa shape index (κ3) is 7.14. The van der Waals surface area contributed by atoms with E-state index in [1.165, 1.54) is 36.9 Å². The van der Waals surface area contributed by atoms with Gasteiger partial charge in [-0.05, 0) is 44.4 Å². The zero-order valence-corrected chi connectivity index (χ0v) is 17.2. The second-order valence-corrected chi connectivity index (χ2v) is 6.95. The average Bonchev–Trinajstić information content (AvgIpc) is 2.55. The lowest BCUT2D eigenvalue weighted by Crippen LogP contribution is -2.39. The smallest absolute Gasteiger partial charge is 0.224 e. The van der Waals surface area contributed by atoms with Crippen LogP contribution in [0.2, 0.25) is 0 Å². The van der Waals surface area contributed by atoms with Crippen LogP contribution in [0.3, 0.4) is 0 Å². The van der Waals surface area contributed by atoms with Gasteiger partial charge in [-0.15, -0.1) is 24.8 Å². The second kappa shape index (κ2) is 11.7. The monoisotopic (exact) mass is 389 g/mol. The zero-order chi connectivity index (χ0) is 16.8. The van der Waals surface area contributed by atoms with Crippen molar-refractivity contribution >= 4 is 30.7 Å². The Kier molecular flexibility index (Phi) is 11.4. The first-order valence-electron chi connectivity index (χ1n) is 8.83. The third-order valence-corrected chi connectivity index (χ3v) is 5.09. The SMILES string of the molecule is CC(N)C(C)C(=O)NCc1ccccc1CN1CCCCC1C.Cl.Cl. The average molecular weight is 390 g/mol. The molecule has 0 aliphatic carbocycles. The van der Waals surface area contributed by atoms with E-state index in [1.54, 1.807) is 0 Å². The fourth-order valence-electron chi connectivity index (χ4n) is 3.08. The number of nitrogens with zero attached hydrogens (tertiary/aromatic N) is 1. The maximum absolute atomic E-state index is 12.1. The fraction of sp³-hybridized carbons (Fsp3) is 0.632. The summed E-state index contributed by atoms with van der Waals surface area (Å²) in [6, 6.07) is 8.93. The summed E-state index contributed by atoms with van der Waals surface area (Å²) < 4.78 is 0. The van der Waals surface area contributed by atoms with Crippen LogP contribution in [0.5, 0.6) is 0 Å². The van der Waals surface area contributed by atoms with E-state index in [-0.39, 0.29) is 42.7 Å².